The second kappa shape index (κ2) is 8.26. The summed E-state index contributed by atoms with van der Waals surface area (Å²) in [5, 5.41) is 3.20. The summed E-state index contributed by atoms with van der Waals surface area (Å²) in [6, 6.07) is 4.38. The standard InChI is InChI=1S/C20H24N6O/c1-2-5-23-20-24-11-17(12-25-20)19-22-8-9-26(19)18-14-27-13-16(18)10-15-3-6-21-7-4-15/h3-4,6-9,11-12,16,18H,2,5,10,13-14H2,1H3,(H,23,24,25)/t16-,18-/m1/s1. The first-order chi connectivity index (χ1) is 13.3. The van der Waals surface area contributed by atoms with E-state index in [1.807, 2.05) is 37.2 Å². The predicted molar refractivity (Wildman–Crippen MR) is 103 cm³/mol. The molecular formula is C20H24N6O. The van der Waals surface area contributed by atoms with E-state index in [1.54, 1.807) is 0 Å². The van der Waals surface area contributed by atoms with Crippen LogP contribution < -0.4 is 5.32 Å². The zero-order valence-electron chi connectivity index (χ0n) is 15.5. The molecule has 4 rings (SSSR count). The van der Waals surface area contributed by atoms with Crippen LogP contribution in [0, 0.1) is 5.92 Å². The third-order valence-electron chi connectivity index (χ3n) is 4.88. The van der Waals surface area contributed by atoms with Crippen molar-refractivity contribution in [3.05, 3.63) is 54.9 Å². The summed E-state index contributed by atoms with van der Waals surface area (Å²) in [4.78, 5) is 17.5. The minimum absolute atomic E-state index is 0.244. The zero-order valence-corrected chi connectivity index (χ0v) is 15.5. The van der Waals surface area contributed by atoms with E-state index in [0.717, 1.165) is 37.4 Å². The molecule has 0 spiro atoms. The highest BCUT2D eigenvalue weighted by molar-refractivity contribution is 5.54. The zero-order chi connectivity index (χ0) is 18.5. The van der Waals surface area contributed by atoms with Crippen LogP contribution in [0.1, 0.15) is 24.9 Å². The van der Waals surface area contributed by atoms with E-state index in [1.165, 1.54) is 5.56 Å². The van der Waals surface area contributed by atoms with Crippen LogP contribution in [0.4, 0.5) is 5.95 Å². The number of pyridine rings is 1. The molecule has 27 heavy (non-hydrogen) atoms. The van der Waals surface area contributed by atoms with E-state index in [0.29, 0.717) is 18.5 Å². The SMILES string of the molecule is CCCNc1ncc(-c2nccn2[C@@H]2COC[C@H]2Cc2ccncc2)cn1. The number of aromatic nitrogens is 5. The molecule has 1 fully saturated rings. The summed E-state index contributed by atoms with van der Waals surface area (Å²) >= 11 is 0. The number of nitrogens with one attached hydrogen (secondary N) is 1. The van der Waals surface area contributed by atoms with Gasteiger partial charge in [0.05, 0.1) is 24.8 Å². The minimum atomic E-state index is 0.244. The second-order valence-electron chi connectivity index (χ2n) is 6.80. The van der Waals surface area contributed by atoms with Gasteiger partial charge in [0, 0.05) is 49.6 Å². The Morgan fingerprint density at radius 3 is 2.70 bits per heavy atom. The topological polar surface area (TPSA) is 77.8 Å². The van der Waals surface area contributed by atoms with Crippen molar-refractivity contribution in [2.75, 3.05) is 25.1 Å². The maximum atomic E-state index is 5.81. The van der Waals surface area contributed by atoms with Crippen LogP contribution in [-0.2, 0) is 11.2 Å². The fourth-order valence-electron chi connectivity index (χ4n) is 3.49. The van der Waals surface area contributed by atoms with Crippen LogP contribution in [0.25, 0.3) is 11.4 Å². The lowest BCUT2D eigenvalue weighted by Crippen LogP contribution is -2.20. The van der Waals surface area contributed by atoms with Gasteiger partial charge < -0.3 is 14.6 Å². The van der Waals surface area contributed by atoms with Crippen LogP contribution in [0.15, 0.2) is 49.3 Å². The molecule has 3 aromatic rings. The molecule has 3 aromatic heterocycles. The van der Waals surface area contributed by atoms with Crippen molar-refractivity contribution >= 4 is 5.95 Å². The molecule has 0 unspecified atom stereocenters. The Hall–Kier alpha value is -2.80. The van der Waals surface area contributed by atoms with Crippen molar-refractivity contribution in [1.29, 1.82) is 0 Å². The normalized spacial score (nSPS) is 19.3. The summed E-state index contributed by atoms with van der Waals surface area (Å²) in [7, 11) is 0. The third kappa shape index (κ3) is 3.98. The van der Waals surface area contributed by atoms with Gasteiger partial charge in [0.1, 0.15) is 5.82 Å². The first-order valence-electron chi connectivity index (χ1n) is 9.41. The predicted octanol–water partition coefficient (Wildman–Crippen LogP) is 2.99. The summed E-state index contributed by atoms with van der Waals surface area (Å²) in [6.45, 7) is 4.42. The van der Waals surface area contributed by atoms with Gasteiger partial charge in [-0.1, -0.05) is 6.92 Å². The van der Waals surface area contributed by atoms with E-state index < -0.39 is 0 Å². The summed E-state index contributed by atoms with van der Waals surface area (Å²) in [6.07, 6.45) is 13.2. The average Bonchev–Trinajstić information content (AvgIpc) is 3.36. The van der Waals surface area contributed by atoms with Gasteiger partial charge in [0.25, 0.3) is 0 Å². The van der Waals surface area contributed by atoms with Gasteiger partial charge in [0.2, 0.25) is 5.95 Å². The molecular weight excluding hydrogens is 340 g/mol. The summed E-state index contributed by atoms with van der Waals surface area (Å²) in [5.74, 6) is 1.93. The van der Waals surface area contributed by atoms with Gasteiger partial charge >= 0.3 is 0 Å². The van der Waals surface area contributed by atoms with Gasteiger partial charge in [-0.25, -0.2) is 15.0 Å². The minimum Gasteiger partial charge on any atom is -0.379 e. The Morgan fingerprint density at radius 2 is 1.93 bits per heavy atom. The number of hydrogen-bond donors (Lipinski definition) is 1. The van der Waals surface area contributed by atoms with E-state index in [4.69, 9.17) is 4.74 Å². The average molecular weight is 364 g/mol. The van der Waals surface area contributed by atoms with Crippen molar-refractivity contribution in [3.63, 3.8) is 0 Å². The largest absolute Gasteiger partial charge is 0.379 e. The highest BCUT2D eigenvalue weighted by Gasteiger charge is 2.31. The third-order valence-corrected chi connectivity index (χ3v) is 4.88. The maximum absolute atomic E-state index is 5.81. The number of rotatable bonds is 7. The van der Waals surface area contributed by atoms with Crippen molar-refractivity contribution in [2.45, 2.75) is 25.8 Å². The molecule has 4 heterocycles. The molecule has 0 bridgehead atoms. The molecule has 0 aliphatic carbocycles. The van der Waals surface area contributed by atoms with Gasteiger partial charge in [-0.3, -0.25) is 4.98 Å². The van der Waals surface area contributed by atoms with E-state index >= 15 is 0 Å². The maximum Gasteiger partial charge on any atom is 0.222 e. The molecule has 0 radical (unpaired) electrons. The Kier molecular flexibility index (Phi) is 5.39. The molecule has 2 atom stereocenters. The van der Waals surface area contributed by atoms with E-state index in [9.17, 15) is 0 Å². The fraction of sp³-hybridized carbons (Fsp3) is 0.400. The quantitative estimate of drug-likeness (QED) is 0.694. The van der Waals surface area contributed by atoms with Crippen LogP contribution in [0.2, 0.25) is 0 Å². The molecule has 7 nitrogen and oxygen atoms in total. The smallest absolute Gasteiger partial charge is 0.222 e. The Morgan fingerprint density at radius 1 is 1.11 bits per heavy atom. The number of imidazole rings is 1. The molecule has 140 valence electrons. The number of hydrogen-bond acceptors (Lipinski definition) is 6. The van der Waals surface area contributed by atoms with Crippen molar-refractivity contribution in [1.82, 2.24) is 24.5 Å². The van der Waals surface area contributed by atoms with Crippen molar-refractivity contribution in [2.24, 2.45) is 5.92 Å². The molecule has 1 N–H and O–H groups in total. The molecule has 0 saturated carbocycles. The van der Waals surface area contributed by atoms with E-state index in [-0.39, 0.29) is 6.04 Å². The van der Waals surface area contributed by atoms with Crippen molar-refractivity contribution < 1.29 is 4.74 Å². The first-order valence-corrected chi connectivity index (χ1v) is 9.41. The lowest BCUT2D eigenvalue weighted by Gasteiger charge is -2.21. The molecule has 0 aromatic carbocycles. The Labute approximate surface area is 158 Å². The van der Waals surface area contributed by atoms with Crippen LogP contribution in [-0.4, -0.2) is 44.3 Å². The molecule has 7 heteroatoms. The molecule has 1 aliphatic heterocycles. The van der Waals surface area contributed by atoms with Gasteiger partial charge in [-0.05, 0) is 30.5 Å². The Bertz CT molecular complexity index is 848. The summed E-state index contributed by atoms with van der Waals surface area (Å²) < 4.78 is 8.02. The first kappa shape index (κ1) is 17.6. The fourth-order valence-corrected chi connectivity index (χ4v) is 3.49. The molecule has 1 aliphatic rings. The number of nitrogens with zero attached hydrogens (tertiary/aromatic N) is 5. The lowest BCUT2D eigenvalue weighted by molar-refractivity contribution is 0.181. The van der Waals surface area contributed by atoms with Crippen LogP contribution >= 0.6 is 0 Å². The van der Waals surface area contributed by atoms with Crippen molar-refractivity contribution in [3.8, 4) is 11.4 Å². The Balaban J connectivity index is 1.54. The van der Waals surface area contributed by atoms with Gasteiger partial charge in [-0.15, -0.1) is 0 Å². The van der Waals surface area contributed by atoms with Gasteiger partial charge in [-0.2, -0.15) is 0 Å². The number of ether oxygens (including phenoxy) is 1. The molecule has 1 saturated heterocycles. The highest BCUT2D eigenvalue weighted by atomic mass is 16.5. The highest BCUT2D eigenvalue weighted by Crippen LogP contribution is 2.32. The molecule has 0 amide bonds. The number of anilines is 1. The van der Waals surface area contributed by atoms with Gasteiger partial charge in [0.15, 0.2) is 0 Å². The lowest BCUT2D eigenvalue weighted by atomic mass is 9.95. The summed E-state index contributed by atoms with van der Waals surface area (Å²) in [5.41, 5.74) is 2.19. The van der Waals surface area contributed by atoms with Crippen LogP contribution in [0.3, 0.4) is 0 Å². The van der Waals surface area contributed by atoms with E-state index in [2.05, 4.69) is 48.9 Å². The monoisotopic (exact) mass is 364 g/mol. The second-order valence-corrected chi connectivity index (χ2v) is 6.80. The van der Waals surface area contributed by atoms with Crippen LogP contribution in [0.5, 0.6) is 0 Å².